The Morgan fingerprint density at radius 3 is 2.42 bits per heavy atom. The third kappa shape index (κ3) is 3.48. The molecular formula is C16H24N2O. The number of nitrogens with two attached hydrogens (primary N) is 1. The summed E-state index contributed by atoms with van der Waals surface area (Å²) in [6, 6.07) is 8.52. The van der Waals surface area contributed by atoms with E-state index in [9.17, 15) is 0 Å². The third-order valence-electron chi connectivity index (χ3n) is 4.34. The average Bonchev–Trinajstić information content (AvgIpc) is 3.12. The molecule has 2 fully saturated rings. The minimum Gasteiger partial charge on any atom is -0.490 e. The van der Waals surface area contributed by atoms with E-state index in [4.69, 9.17) is 10.5 Å². The van der Waals surface area contributed by atoms with Crippen molar-refractivity contribution in [3.05, 3.63) is 29.8 Å². The number of benzene rings is 1. The van der Waals surface area contributed by atoms with Gasteiger partial charge < -0.3 is 15.4 Å². The molecule has 3 heteroatoms. The fraction of sp³-hybridized carbons (Fsp3) is 0.625. The summed E-state index contributed by atoms with van der Waals surface area (Å²) in [4.78, 5) is 2.36. The van der Waals surface area contributed by atoms with Crippen LogP contribution in [-0.2, 0) is 6.42 Å². The van der Waals surface area contributed by atoms with E-state index in [2.05, 4.69) is 36.2 Å². The smallest absolute Gasteiger partial charge is 0.119 e. The van der Waals surface area contributed by atoms with Crippen molar-refractivity contribution in [1.82, 2.24) is 4.90 Å². The molecule has 0 aromatic heterocycles. The lowest BCUT2D eigenvalue weighted by atomic mass is 10.0. The van der Waals surface area contributed by atoms with Gasteiger partial charge in [0.2, 0.25) is 0 Å². The number of hydrogen-bond acceptors (Lipinski definition) is 3. The molecule has 0 bridgehead atoms. The van der Waals surface area contributed by atoms with Crippen molar-refractivity contribution in [3.8, 4) is 5.75 Å². The highest BCUT2D eigenvalue weighted by Crippen LogP contribution is 2.35. The van der Waals surface area contributed by atoms with Crippen LogP contribution in [0.1, 0.15) is 31.2 Å². The fourth-order valence-electron chi connectivity index (χ4n) is 2.72. The van der Waals surface area contributed by atoms with E-state index in [1.807, 2.05) is 0 Å². The monoisotopic (exact) mass is 260 g/mol. The van der Waals surface area contributed by atoms with Crippen LogP contribution >= 0.6 is 0 Å². The first-order chi connectivity index (χ1) is 9.13. The van der Waals surface area contributed by atoms with E-state index in [0.29, 0.717) is 6.10 Å². The summed E-state index contributed by atoms with van der Waals surface area (Å²) in [6.07, 6.45) is 5.98. The van der Waals surface area contributed by atoms with E-state index >= 15 is 0 Å². The van der Waals surface area contributed by atoms with Gasteiger partial charge in [0.05, 0.1) is 0 Å². The molecule has 1 heterocycles. The van der Waals surface area contributed by atoms with E-state index in [1.54, 1.807) is 0 Å². The second-order valence-corrected chi connectivity index (χ2v) is 6.30. The van der Waals surface area contributed by atoms with Crippen LogP contribution in [0.3, 0.4) is 0 Å². The molecule has 3 nitrogen and oxygen atoms in total. The van der Waals surface area contributed by atoms with Crippen LogP contribution in [-0.4, -0.2) is 36.7 Å². The van der Waals surface area contributed by atoms with E-state index in [0.717, 1.165) is 38.1 Å². The highest BCUT2D eigenvalue weighted by molar-refractivity contribution is 5.29. The first kappa shape index (κ1) is 12.9. The molecule has 19 heavy (non-hydrogen) atoms. The Morgan fingerprint density at radius 2 is 1.84 bits per heavy atom. The largest absolute Gasteiger partial charge is 0.490 e. The average molecular weight is 260 g/mol. The minimum atomic E-state index is 0.0936. The molecule has 1 saturated heterocycles. The number of rotatable bonds is 4. The van der Waals surface area contributed by atoms with Gasteiger partial charge in [0.1, 0.15) is 11.9 Å². The quantitative estimate of drug-likeness (QED) is 0.902. The summed E-state index contributed by atoms with van der Waals surface area (Å²) in [6.45, 7) is 2.27. The second kappa shape index (κ2) is 5.14. The van der Waals surface area contributed by atoms with Crippen LogP contribution in [0.15, 0.2) is 24.3 Å². The summed E-state index contributed by atoms with van der Waals surface area (Å²) < 4.78 is 6.05. The second-order valence-electron chi connectivity index (χ2n) is 6.30. The zero-order chi connectivity index (χ0) is 13.3. The van der Waals surface area contributed by atoms with Crippen molar-refractivity contribution in [3.63, 3.8) is 0 Å². The Balaban J connectivity index is 1.54. The van der Waals surface area contributed by atoms with Crippen LogP contribution in [0.25, 0.3) is 0 Å². The van der Waals surface area contributed by atoms with Crippen molar-refractivity contribution in [2.75, 3.05) is 20.1 Å². The van der Waals surface area contributed by atoms with Crippen LogP contribution in [0, 0.1) is 0 Å². The summed E-state index contributed by atoms with van der Waals surface area (Å²) >= 11 is 0. The number of piperidine rings is 1. The predicted molar refractivity (Wildman–Crippen MR) is 77.4 cm³/mol. The molecule has 0 amide bonds. The number of nitrogens with zero attached hydrogens (tertiary/aromatic N) is 1. The van der Waals surface area contributed by atoms with E-state index in [-0.39, 0.29) is 5.54 Å². The first-order valence-electron chi connectivity index (χ1n) is 7.36. The molecule has 0 unspecified atom stereocenters. The van der Waals surface area contributed by atoms with Gasteiger partial charge in [-0.15, -0.1) is 0 Å². The van der Waals surface area contributed by atoms with Crippen molar-refractivity contribution < 1.29 is 4.74 Å². The van der Waals surface area contributed by atoms with Crippen molar-refractivity contribution in [2.24, 2.45) is 5.73 Å². The van der Waals surface area contributed by atoms with Gasteiger partial charge in [-0.25, -0.2) is 0 Å². The van der Waals surface area contributed by atoms with Gasteiger partial charge in [-0.2, -0.15) is 0 Å². The number of ether oxygens (including phenoxy) is 1. The first-order valence-corrected chi connectivity index (χ1v) is 7.36. The zero-order valence-electron chi connectivity index (χ0n) is 11.8. The number of hydrogen-bond donors (Lipinski definition) is 1. The maximum atomic E-state index is 6.14. The van der Waals surface area contributed by atoms with Crippen molar-refractivity contribution in [2.45, 2.75) is 43.7 Å². The Labute approximate surface area is 115 Å². The molecule has 1 aliphatic heterocycles. The molecule has 1 aromatic rings. The molecule has 0 radical (unpaired) electrons. The molecule has 104 valence electrons. The van der Waals surface area contributed by atoms with Gasteiger partial charge in [-0.1, -0.05) is 12.1 Å². The van der Waals surface area contributed by atoms with Gasteiger partial charge in [-0.05, 0) is 56.8 Å². The van der Waals surface area contributed by atoms with Gasteiger partial charge in [0.25, 0.3) is 0 Å². The zero-order valence-corrected chi connectivity index (χ0v) is 11.8. The van der Waals surface area contributed by atoms with Gasteiger partial charge in [-0.3, -0.25) is 0 Å². The summed E-state index contributed by atoms with van der Waals surface area (Å²) in [5.41, 5.74) is 7.57. The van der Waals surface area contributed by atoms with Gasteiger partial charge in [0.15, 0.2) is 0 Å². The lowest BCUT2D eigenvalue weighted by Gasteiger charge is -2.29. The molecule has 0 spiro atoms. The lowest BCUT2D eigenvalue weighted by molar-refractivity contribution is 0.114. The maximum absolute atomic E-state index is 6.14. The van der Waals surface area contributed by atoms with Crippen LogP contribution in [0.4, 0.5) is 0 Å². The lowest BCUT2D eigenvalue weighted by Crippen LogP contribution is -2.35. The van der Waals surface area contributed by atoms with E-state index < -0.39 is 0 Å². The fourth-order valence-corrected chi connectivity index (χ4v) is 2.72. The molecule has 2 aliphatic rings. The molecule has 1 aliphatic carbocycles. The maximum Gasteiger partial charge on any atom is 0.119 e. The molecule has 2 N–H and O–H groups in total. The molecule has 3 rings (SSSR count). The summed E-state index contributed by atoms with van der Waals surface area (Å²) in [5.74, 6) is 1.00. The molecule has 1 aromatic carbocycles. The normalized spacial score (nSPS) is 23.3. The third-order valence-corrected chi connectivity index (χ3v) is 4.34. The standard InChI is InChI=1S/C16H24N2O/c1-18-10-6-15(7-11-18)19-14-4-2-13(3-5-14)12-16(17)8-9-16/h2-5,15H,6-12,17H2,1H3. The Morgan fingerprint density at radius 1 is 1.21 bits per heavy atom. The number of likely N-dealkylation sites (tertiary alicyclic amines) is 1. The molecular weight excluding hydrogens is 236 g/mol. The predicted octanol–water partition coefficient (Wildman–Crippen LogP) is 2.19. The van der Waals surface area contributed by atoms with Crippen LogP contribution in [0.5, 0.6) is 5.75 Å². The minimum absolute atomic E-state index is 0.0936. The summed E-state index contributed by atoms with van der Waals surface area (Å²) in [7, 11) is 2.17. The van der Waals surface area contributed by atoms with Gasteiger partial charge in [0, 0.05) is 18.6 Å². The summed E-state index contributed by atoms with van der Waals surface area (Å²) in [5, 5.41) is 0. The molecule has 0 atom stereocenters. The topological polar surface area (TPSA) is 38.5 Å². The Bertz CT molecular complexity index is 417. The highest BCUT2D eigenvalue weighted by Gasteiger charge is 2.37. The Hall–Kier alpha value is -1.06. The van der Waals surface area contributed by atoms with Crippen LogP contribution in [0.2, 0.25) is 0 Å². The molecule has 1 saturated carbocycles. The van der Waals surface area contributed by atoms with E-state index in [1.165, 1.54) is 18.4 Å². The van der Waals surface area contributed by atoms with Gasteiger partial charge >= 0.3 is 0 Å². The van der Waals surface area contributed by atoms with Crippen LogP contribution < -0.4 is 10.5 Å². The van der Waals surface area contributed by atoms with Crippen molar-refractivity contribution >= 4 is 0 Å². The Kier molecular flexibility index (Phi) is 3.50. The highest BCUT2D eigenvalue weighted by atomic mass is 16.5. The SMILES string of the molecule is CN1CCC(Oc2ccc(CC3(N)CC3)cc2)CC1. The van der Waals surface area contributed by atoms with Crippen molar-refractivity contribution in [1.29, 1.82) is 0 Å².